The molecule has 84 valence electrons. The van der Waals surface area contributed by atoms with Gasteiger partial charge in [0, 0.05) is 0 Å². The zero-order valence-electron chi connectivity index (χ0n) is 10.1. The van der Waals surface area contributed by atoms with E-state index in [1.54, 1.807) is 0 Å². The first-order chi connectivity index (χ1) is 6.54. The van der Waals surface area contributed by atoms with Gasteiger partial charge in [-0.25, -0.2) is 0 Å². The monoisotopic (exact) mass is 198 g/mol. The van der Waals surface area contributed by atoms with Gasteiger partial charge in [0.05, 0.1) is 6.10 Å². The molecule has 0 saturated heterocycles. The van der Waals surface area contributed by atoms with Crippen LogP contribution < -0.4 is 0 Å². The summed E-state index contributed by atoms with van der Waals surface area (Å²) in [6, 6.07) is 0. The van der Waals surface area contributed by atoms with E-state index in [9.17, 15) is 5.11 Å². The minimum atomic E-state index is -0.142. The number of allylic oxidation sites excluding steroid dienone is 1. The number of rotatable bonds is 8. The minimum absolute atomic E-state index is 0.0818. The Morgan fingerprint density at radius 3 is 2.43 bits per heavy atom. The molecular weight excluding hydrogens is 172 g/mol. The molecule has 0 radical (unpaired) electrons. The topological polar surface area (TPSA) is 20.2 Å². The van der Waals surface area contributed by atoms with E-state index in [0.29, 0.717) is 0 Å². The number of hydrogen-bond donors (Lipinski definition) is 1. The van der Waals surface area contributed by atoms with Gasteiger partial charge in [0.1, 0.15) is 0 Å². The predicted molar refractivity (Wildman–Crippen MR) is 63.4 cm³/mol. The van der Waals surface area contributed by atoms with Gasteiger partial charge in [0.15, 0.2) is 0 Å². The lowest BCUT2D eigenvalue weighted by Gasteiger charge is -2.29. The molecule has 0 rings (SSSR count). The fraction of sp³-hybridized carbons (Fsp3) is 0.846. The van der Waals surface area contributed by atoms with Gasteiger partial charge in [-0.1, -0.05) is 39.7 Å². The van der Waals surface area contributed by atoms with Gasteiger partial charge in [-0.2, -0.15) is 0 Å². The highest BCUT2D eigenvalue weighted by Crippen LogP contribution is 2.27. The van der Waals surface area contributed by atoms with Crippen LogP contribution in [0.5, 0.6) is 0 Å². The maximum absolute atomic E-state index is 9.91. The van der Waals surface area contributed by atoms with Gasteiger partial charge < -0.3 is 5.11 Å². The Morgan fingerprint density at radius 1 is 1.29 bits per heavy atom. The van der Waals surface area contributed by atoms with Gasteiger partial charge in [0.25, 0.3) is 0 Å². The minimum Gasteiger partial charge on any atom is -0.393 e. The van der Waals surface area contributed by atoms with Crippen molar-refractivity contribution in [1.29, 1.82) is 0 Å². The first-order valence-electron chi connectivity index (χ1n) is 5.83. The Bertz CT molecular complexity index is 149. The predicted octanol–water partition coefficient (Wildman–Crippen LogP) is 3.92. The molecule has 1 unspecified atom stereocenters. The molecule has 0 spiro atoms. The lowest BCUT2D eigenvalue weighted by molar-refractivity contribution is 0.0384. The molecule has 1 heteroatoms. The molecule has 0 aliphatic rings. The summed E-state index contributed by atoms with van der Waals surface area (Å²) in [6.07, 6.45) is 8.47. The first kappa shape index (κ1) is 13.7. The third kappa shape index (κ3) is 5.43. The van der Waals surface area contributed by atoms with Gasteiger partial charge in [0.2, 0.25) is 0 Å². The highest BCUT2D eigenvalue weighted by atomic mass is 16.3. The van der Waals surface area contributed by atoms with Crippen LogP contribution in [0.2, 0.25) is 0 Å². The lowest BCUT2D eigenvalue weighted by atomic mass is 9.81. The summed E-state index contributed by atoms with van der Waals surface area (Å²) < 4.78 is 0. The van der Waals surface area contributed by atoms with Crippen LogP contribution >= 0.6 is 0 Å². The Kier molecular flexibility index (Phi) is 6.90. The van der Waals surface area contributed by atoms with Crippen LogP contribution in [0.3, 0.4) is 0 Å². The highest BCUT2D eigenvalue weighted by molar-refractivity contribution is 4.76. The summed E-state index contributed by atoms with van der Waals surface area (Å²) in [5.74, 6) is 0. The van der Waals surface area contributed by atoms with Crippen molar-refractivity contribution in [3.05, 3.63) is 12.7 Å². The number of aliphatic hydroxyl groups excluding tert-OH is 1. The Balaban J connectivity index is 3.53. The van der Waals surface area contributed by atoms with Gasteiger partial charge in [-0.3, -0.25) is 0 Å². The van der Waals surface area contributed by atoms with Crippen LogP contribution in [0.25, 0.3) is 0 Å². The van der Waals surface area contributed by atoms with E-state index < -0.39 is 0 Å². The van der Waals surface area contributed by atoms with Crippen molar-refractivity contribution < 1.29 is 5.11 Å². The van der Waals surface area contributed by atoms with Crippen molar-refractivity contribution in [1.82, 2.24) is 0 Å². The van der Waals surface area contributed by atoms with Gasteiger partial charge in [-0.05, 0) is 31.1 Å². The molecule has 0 aromatic carbocycles. The Morgan fingerprint density at radius 2 is 1.93 bits per heavy atom. The zero-order chi connectivity index (χ0) is 11.0. The van der Waals surface area contributed by atoms with E-state index >= 15 is 0 Å². The van der Waals surface area contributed by atoms with E-state index in [1.165, 1.54) is 12.8 Å². The SMILES string of the molecule is C=CCCCCCC(O)C(C)(C)CC. The van der Waals surface area contributed by atoms with Crippen molar-refractivity contribution in [2.24, 2.45) is 5.41 Å². The van der Waals surface area contributed by atoms with E-state index in [1.807, 2.05) is 6.08 Å². The summed E-state index contributed by atoms with van der Waals surface area (Å²) in [7, 11) is 0. The summed E-state index contributed by atoms with van der Waals surface area (Å²) in [6.45, 7) is 10.1. The second-order valence-corrected chi connectivity index (χ2v) is 4.78. The number of unbranched alkanes of at least 4 members (excludes halogenated alkanes) is 3. The Labute approximate surface area is 89.2 Å². The molecule has 1 nitrogen and oxygen atoms in total. The largest absolute Gasteiger partial charge is 0.393 e. The van der Waals surface area contributed by atoms with Gasteiger partial charge >= 0.3 is 0 Å². The summed E-state index contributed by atoms with van der Waals surface area (Å²) >= 11 is 0. The van der Waals surface area contributed by atoms with Crippen molar-refractivity contribution in [3.8, 4) is 0 Å². The van der Waals surface area contributed by atoms with Crippen LogP contribution in [-0.2, 0) is 0 Å². The molecule has 1 atom stereocenters. The van der Waals surface area contributed by atoms with E-state index in [2.05, 4.69) is 27.4 Å². The average molecular weight is 198 g/mol. The lowest BCUT2D eigenvalue weighted by Crippen LogP contribution is -2.28. The third-order valence-electron chi connectivity index (χ3n) is 3.20. The number of aliphatic hydroxyl groups is 1. The zero-order valence-corrected chi connectivity index (χ0v) is 10.1. The first-order valence-corrected chi connectivity index (χ1v) is 5.83. The van der Waals surface area contributed by atoms with Gasteiger partial charge in [-0.15, -0.1) is 6.58 Å². The normalized spacial score (nSPS) is 14.0. The molecule has 0 aromatic rings. The average Bonchev–Trinajstić information content (AvgIpc) is 2.17. The van der Waals surface area contributed by atoms with E-state index in [4.69, 9.17) is 0 Å². The van der Waals surface area contributed by atoms with Crippen molar-refractivity contribution in [2.75, 3.05) is 0 Å². The molecule has 0 bridgehead atoms. The van der Waals surface area contributed by atoms with Crippen molar-refractivity contribution >= 4 is 0 Å². The standard InChI is InChI=1S/C13H26O/c1-5-7-8-9-10-11-12(14)13(3,4)6-2/h5,12,14H,1,6-11H2,2-4H3. The van der Waals surface area contributed by atoms with Crippen LogP contribution in [0.4, 0.5) is 0 Å². The van der Waals surface area contributed by atoms with Crippen molar-refractivity contribution in [2.45, 2.75) is 65.4 Å². The molecule has 0 aliphatic carbocycles. The van der Waals surface area contributed by atoms with Crippen LogP contribution in [0.15, 0.2) is 12.7 Å². The second-order valence-electron chi connectivity index (χ2n) is 4.78. The van der Waals surface area contributed by atoms with E-state index in [-0.39, 0.29) is 11.5 Å². The van der Waals surface area contributed by atoms with E-state index in [0.717, 1.165) is 25.7 Å². The number of hydrogen-bond acceptors (Lipinski definition) is 1. The Hall–Kier alpha value is -0.300. The molecular formula is C13H26O. The maximum Gasteiger partial charge on any atom is 0.0591 e. The molecule has 14 heavy (non-hydrogen) atoms. The van der Waals surface area contributed by atoms with Crippen molar-refractivity contribution in [3.63, 3.8) is 0 Å². The molecule has 0 aliphatic heterocycles. The van der Waals surface area contributed by atoms with Crippen LogP contribution in [0.1, 0.15) is 59.3 Å². The summed E-state index contributed by atoms with van der Waals surface area (Å²) in [5.41, 5.74) is 0.0818. The molecule has 0 fully saturated rings. The van der Waals surface area contributed by atoms with Crippen LogP contribution in [-0.4, -0.2) is 11.2 Å². The maximum atomic E-state index is 9.91. The highest BCUT2D eigenvalue weighted by Gasteiger charge is 2.24. The molecule has 0 saturated carbocycles. The summed E-state index contributed by atoms with van der Waals surface area (Å²) in [4.78, 5) is 0. The fourth-order valence-electron chi connectivity index (χ4n) is 1.43. The van der Waals surface area contributed by atoms with Crippen LogP contribution in [0, 0.1) is 5.41 Å². The fourth-order valence-corrected chi connectivity index (χ4v) is 1.43. The molecule has 0 heterocycles. The smallest absolute Gasteiger partial charge is 0.0591 e. The summed E-state index contributed by atoms with van der Waals surface area (Å²) in [5, 5.41) is 9.91. The molecule has 0 aromatic heterocycles. The second kappa shape index (κ2) is 7.05. The quantitative estimate of drug-likeness (QED) is 0.463. The molecule has 0 amide bonds. The third-order valence-corrected chi connectivity index (χ3v) is 3.20. The molecule has 1 N–H and O–H groups in total.